The molecule has 0 saturated carbocycles. The zero-order valence-electron chi connectivity index (χ0n) is 10.5. The van der Waals surface area contributed by atoms with Crippen molar-refractivity contribution in [1.29, 1.82) is 0 Å². The van der Waals surface area contributed by atoms with E-state index in [0.717, 1.165) is 10.3 Å². The Morgan fingerprint density at radius 3 is 2.63 bits per heavy atom. The van der Waals surface area contributed by atoms with Gasteiger partial charge in [-0.25, -0.2) is 4.98 Å². The fourth-order valence-electron chi connectivity index (χ4n) is 2.04. The number of hydrogen-bond acceptors (Lipinski definition) is 4. The van der Waals surface area contributed by atoms with Gasteiger partial charge in [-0.05, 0) is 28.9 Å². The molecule has 1 aliphatic heterocycles. The van der Waals surface area contributed by atoms with E-state index < -0.39 is 6.10 Å². The predicted molar refractivity (Wildman–Crippen MR) is 77.4 cm³/mol. The van der Waals surface area contributed by atoms with Crippen molar-refractivity contribution in [2.45, 2.75) is 13.0 Å². The number of amides is 1. The molecule has 0 aliphatic carbocycles. The van der Waals surface area contributed by atoms with E-state index in [1.54, 1.807) is 17.2 Å². The van der Waals surface area contributed by atoms with Crippen LogP contribution in [0.3, 0.4) is 0 Å². The minimum atomic E-state index is -0.944. The number of aliphatic hydroxyl groups excluding tert-OH is 1. The van der Waals surface area contributed by atoms with Crippen molar-refractivity contribution < 1.29 is 9.90 Å². The molecule has 1 aromatic heterocycles. The highest BCUT2D eigenvalue weighted by molar-refractivity contribution is 9.10. The molecule has 19 heavy (non-hydrogen) atoms. The second-order valence-corrected chi connectivity index (χ2v) is 5.77. The van der Waals surface area contributed by atoms with E-state index >= 15 is 0 Å². The number of hydrogen-bond donors (Lipinski definition) is 1. The van der Waals surface area contributed by atoms with Crippen molar-refractivity contribution in [3.63, 3.8) is 0 Å². The van der Waals surface area contributed by atoms with Crippen LogP contribution in [-0.2, 0) is 4.79 Å². The van der Waals surface area contributed by atoms with Gasteiger partial charge < -0.3 is 14.9 Å². The molecule has 1 aliphatic rings. The predicted octanol–water partition coefficient (Wildman–Crippen LogP) is 1.53. The summed E-state index contributed by atoms with van der Waals surface area (Å²) in [5.74, 6) is 0.503. The Bertz CT molecular complexity index is 476. The van der Waals surface area contributed by atoms with E-state index in [1.165, 1.54) is 6.92 Å². The molecular formula is C12H15BrClN3O2. The first-order valence-electron chi connectivity index (χ1n) is 6.02. The highest BCUT2D eigenvalue weighted by atomic mass is 79.9. The van der Waals surface area contributed by atoms with Gasteiger partial charge in [0.15, 0.2) is 0 Å². The van der Waals surface area contributed by atoms with Crippen LogP contribution in [0.1, 0.15) is 6.92 Å². The third-order valence-electron chi connectivity index (χ3n) is 3.04. The second-order valence-electron chi connectivity index (χ2n) is 4.45. The van der Waals surface area contributed by atoms with Gasteiger partial charge in [0, 0.05) is 36.8 Å². The maximum absolute atomic E-state index is 11.7. The molecule has 2 heterocycles. The Hall–Kier alpha value is -0.850. The summed E-state index contributed by atoms with van der Waals surface area (Å²) in [6.07, 6.45) is 0.759. The highest BCUT2D eigenvalue weighted by Gasteiger charge is 2.25. The molecule has 1 atom stereocenters. The van der Waals surface area contributed by atoms with Crippen LogP contribution < -0.4 is 4.90 Å². The Morgan fingerprint density at radius 2 is 2.11 bits per heavy atom. The highest BCUT2D eigenvalue weighted by Crippen LogP contribution is 2.26. The van der Waals surface area contributed by atoms with E-state index in [0.29, 0.717) is 31.2 Å². The topological polar surface area (TPSA) is 56.7 Å². The number of anilines is 1. The molecule has 0 spiro atoms. The van der Waals surface area contributed by atoms with Crippen LogP contribution in [0.5, 0.6) is 0 Å². The van der Waals surface area contributed by atoms with Crippen LogP contribution >= 0.6 is 27.5 Å². The van der Waals surface area contributed by atoms with Gasteiger partial charge in [-0.1, -0.05) is 11.6 Å². The molecule has 104 valence electrons. The summed E-state index contributed by atoms with van der Waals surface area (Å²) in [5, 5.41) is 9.87. The molecule has 0 aromatic carbocycles. The fourth-order valence-corrected chi connectivity index (χ4v) is 2.79. The molecular weight excluding hydrogens is 334 g/mol. The average Bonchev–Trinajstić information content (AvgIpc) is 2.38. The molecule has 0 bridgehead atoms. The number of nitrogens with zero attached hydrogens (tertiary/aromatic N) is 3. The number of carbonyl (C=O) groups excluding carboxylic acids is 1. The molecule has 1 N–H and O–H groups in total. The van der Waals surface area contributed by atoms with Gasteiger partial charge in [0.25, 0.3) is 5.91 Å². The fraction of sp³-hybridized carbons (Fsp3) is 0.500. The minimum Gasteiger partial charge on any atom is -0.384 e. The Labute approximate surface area is 125 Å². The maximum Gasteiger partial charge on any atom is 0.251 e. The van der Waals surface area contributed by atoms with Crippen molar-refractivity contribution in [3.8, 4) is 0 Å². The van der Waals surface area contributed by atoms with E-state index in [-0.39, 0.29) is 5.91 Å². The standard InChI is InChI=1S/C12H15BrClN3O2/c1-8(18)12(19)17-4-2-16(3-5-17)11-10(14)6-9(13)7-15-11/h6-8,18H,2-5H2,1H3/t8-/m0/s1. The van der Waals surface area contributed by atoms with Crippen molar-refractivity contribution in [1.82, 2.24) is 9.88 Å². The Morgan fingerprint density at radius 1 is 1.47 bits per heavy atom. The third-order valence-corrected chi connectivity index (χ3v) is 3.75. The van der Waals surface area contributed by atoms with Gasteiger partial charge in [0.1, 0.15) is 11.9 Å². The number of carbonyl (C=O) groups is 1. The lowest BCUT2D eigenvalue weighted by atomic mass is 10.2. The lowest BCUT2D eigenvalue weighted by molar-refractivity contribution is -0.139. The lowest BCUT2D eigenvalue weighted by Gasteiger charge is -2.36. The first-order valence-corrected chi connectivity index (χ1v) is 7.19. The molecule has 2 rings (SSSR count). The third kappa shape index (κ3) is 3.38. The smallest absolute Gasteiger partial charge is 0.251 e. The Kier molecular flexibility index (Phi) is 4.65. The number of pyridine rings is 1. The summed E-state index contributed by atoms with van der Waals surface area (Å²) in [5.41, 5.74) is 0. The largest absolute Gasteiger partial charge is 0.384 e. The first kappa shape index (κ1) is 14.6. The maximum atomic E-state index is 11.7. The van der Waals surface area contributed by atoms with Gasteiger partial charge in [0.05, 0.1) is 5.02 Å². The summed E-state index contributed by atoms with van der Waals surface area (Å²) in [6.45, 7) is 3.94. The molecule has 1 saturated heterocycles. The van der Waals surface area contributed by atoms with E-state index in [9.17, 15) is 9.90 Å². The summed E-state index contributed by atoms with van der Waals surface area (Å²) < 4.78 is 0.837. The van der Waals surface area contributed by atoms with Gasteiger partial charge in [-0.3, -0.25) is 4.79 Å². The van der Waals surface area contributed by atoms with E-state index in [1.807, 2.05) is 4.90 Å². The second kappa shape index (κ2) is 6.07. The number of piperazine rings is 1. The lowest BCUT2D eigenvalue weighted by Crippen LogP contribution is -2.51. The normalized spacial score (nSPS) is 17.5. The number of halogens is 2. The average molecular weight is 349 g/mol. The van der Waals surface area contributed by atoms with Crippen molar-refractivity contribution in [2.24, 2.45) is 0 Å². The summed E-state index contributed by atoms with van der Waals surface area (Å²) in [7, 11) is 0. The van der Waals surface area contributed by atoms with Crippen LogP contribution in [0.2, 0.25) is 5.02 Å². The van der Waals surface area contributed by atoms with Crippen LogP contribution in [0.15, 0.2) is 16.7 Å². The van der Waals surface area contributed by atoms with Crippen molar-refractivity contribution >= 4 is 39.3 Å². The number of aromatic nitrogens is 1. The summed E-state index contributed by atoms with van der Waals surface area (Å²) >= 11 is 9.48. The van der Waals surface area contributed by atoms with Crippen LogP contribution in [0, 0.1) is 0 Å². The number of rotatable bonds is 2. The molecule has 5 nitrogen and oxygen atoms in total. The first-order chi connectivity index (χ1) is 8.99. The van der Waals surface area contributed by atoms with Gasteiger partial charge in [-0.2, -0.15) is 0 Å². The van der Waals surface area contributed by atoms with Gasteiger partial charge in [0.2, 0.25) is 0 Å². The molecule has 0 radical (unpaired) electrons. The zero-order valence-corrected chi connectivity index (χ0v) is 12.9. The van der Waals surface area contributed by atoms with Crippen molar-refractivity contribution in [2.75, 3.05) is 31.1 Å². The monoisotopic (exact) mass is 347 g/mol. The number of aliphatic hydroxyl groups is 1. The van der Waals surface area contributed by atoms with E-state index in [4.69, 9.17) is 11.6 Å². The van der Waals surface area contributed by atoms with Crippen molar-refractivity contribution in [3.05, 3.63) is 21.8 Å². The van der Waals surface area contributed by atoms with Crippen LogP contribution in [0.25, 0.3) is 0 Å². The molecule has 7 heteroatoms. The van der Waals surface area contributed by atoms with Gasteiger partial charge in [-0.15, -0.1) is 0 Å². The Balaban J connectivity index is 2.02. The molecule has 0 unspecified atom stereocenters. The summed E-state index contributed by atoms with van der Waals surface area (Å²) in [4.78, 5) is 19.7. The van der Waals surface area contributed by atoms with E-state index in [2.05, 4.69) is 20.9 Å². The molecule has 1 amide bonds. The molecule has 1 fully saturated rings. The van der Waals surface area contributed by atoms with Crippen LogP contribution in [0.4, 0.5) is 5.82 Å². The summed E-state index contributed by atoms with van der Waals surface area (Å²) in [6, 6.07) is 1.80. The molecule has 1 aromatic rings. The van der Waals surface area contributed by atoms with Gasteiger partial charge >= 0.3 is 0 Å². The van der Waals surface area contributed by atoms with Crippen LogP contribution in [-0.4, -0.2) is 53.2 Å². The minimum absolute atomic E-state index is 0.227. The quantitative estimate of drug-likeness (QED) is 0.880. The zero-order chi connectivity index (χ0) is 14.0. The SMILES string of the molecule is C[C@H](O)C(=O)N1CCN(c2ncc(Br)cc2Cl)CC1.